The lowest BCUT2D eigenvalue weighted by molar-refractivity contribution is -0.151. The Hall–Kier alpha value is -8.48. The molecule has 1 aliphatic carbocycles. The van der Waals surface area contributed by atoms with Crippen molar-refractivity contribution in [2.45, 2.75) is 188 Å². The predicted molar refractivity (Wildman–Crippen MR) is 393 cm³/mol. The van der Waals surface area contributed by atoms with Crippen molar-refractivity contribution < 1.29 is 9.53 Å². The number of nitrogens with zero attached hydrogens (tertiary/aromatic N) is 15. The number of ether oxygens (including phenoxy) is 1. The number of aryl methyl sites for hydroxylation is 3. The Morgan fingerprint density at radius 3 is 1.69 bits per heavy atom. The summed E-state index contributed by atoms with van der Waals surface area (Å²) < 4.78 is 15.4. The van der Waals surface area contributed by atoms with Crippen LogP contribution in [0, 0.1) is 20.8 Å². The molecule has 16 rings (SSSR count). The second-order valence-electron chi connectivity index (χ2n) is 30.0. The first-order valence-corrected chi connectivity index (χ1v) is 35.8. The van der Waals surface area contributed by atoms with Crippen LogP contribution in [-0.4, -0.2) is 139 Å². The molecule has 512 valence electrons. The van der Waals surface area contributed by atoms with Crippen LogP contribution in [0.25, 0.3) is 43.9 Å². The van der Waals surface area contributed by atoms with E-state index in [0.29, 0.717) is 12.6 Å². The molecule has 11 aromatic heterocycles. The molecule has 15 heterocycles. The molecule has 17 heteroatoms. The molecule has 0 radical (unpaired) electrons. The van der Waals surface area contributed by atoms with Crippen LogP contribution in [0.2, 0.25) is 0 Å². The molecule has 5 aliphatic rings. The SMILES string of the molecule is CN1CCc2c(n(CC(=O)OC3CCCCC3)c3cnccc23)C1.Cc1ccc(C(C)(C)Cn2c3c(c4cnccc42)CCN(C)C3)cn1.Cc1ccc(CC(C)(C)n2c3c(c4ncccc42)CCN(C)C3)cn1.Cc1ccc(CC(C)n2c3c(c4ncccc42)CCN(C)C3)cn1. The number of carbonyl (C=O) groups is 1. The van der Waals surface area contributed by atoms with Crippen LogP contribution < -0.4 is 0 Å². The summed E-state index contributed by atoms with van der Waals surface area (Å²) in [4.78, 5) is 53.5. The maximum Gasteiger partial charge on any atom is 0.326 e. The van der Waals surface area contributed by atoms with E-state index < -0.39 is 0 Å². The zero-order chi connectivity index (χ0) is 68.4. The molecule has 1 atom stereocenters. The number of pyridine rings is 7. The van der Waals surface area contributed by atoms with E-state index in [4.69, 9.17) is 9.72 Å². The molecule has 0 N–H and O–H groups in total. The number of likely N-dealkylation sites (N-methyl/N-ethyl adjacent to an activating group) is 4. The third-order valence-electron chi connectivity index (χ3n) is 21.3. The Labute approximate surface area is 579 Å². The van der Waals surface area contributed by atoms with Crippen LogP contribution in [0.1, 0.15) is 152 Å². The van der Waals surface area contributed by atoms with Crippen LogP contribution in [0.3, 0.4) is 0 Å². The van der Waals surface area contributed by atoms with Crippen LogP contribution in [0.4, 0.5) is 0 Å². The van der Waals surface area contributed by atoms with E-state index in [1.807, 2.05) is 82.6 Å². The highest BCUT2D eigenvalue weighted by atomic mass is 16.5. The van der Waals surface area contributed by atoms with Gasteiger partial charge < -0.3 is 42.6 Å². The second kappa shape index (κ2) is 29.1. The summed E-state index contributed by atoms with van der Waals surface area (Å²) in [5.74, 6) is -0.112. The fraction of sp³-hybridized carbons (Fsp3) is 0.457. The lowest BCUT2D eigenvalue weighted by atomic mass is 9.85. The van der Waals surface area contributed by atoms with Crippen molar-refractivity contribution in [2.75, 3.05) is 54.4 Å². The summed E-state index contributed by atoms with van der Waals surface area (Å²) in [5.41, 5.74) is 25.6. The molecule has 1 saturated carbocycles. The number of hydrogen-bond donors (Lipinski definition) is 0. The van der Waals surface area contributed by atoms with Gasteiger partial charge in [-0.05, 0) is 216 Å². The first-order chi connectivity index (χ1) is 47.3. The molecular weight excluding hydrogens is 1210 g/mol. The summed E-state index contributed by atoms with van der Waals surface area (Å²) in [6, 6.07) is 26.1. The molecule has 4 aliphatic heterocycles. The molecule has 98 heavy (non-hydrogen) atoms. The minimum absolute atomic E-state index is 0.0136. The summed E-state index contributed by atoms with van der Waals surface area (Å²) >= 11 is 0. The number of esters is 1. The molecule has 0 amide bonds. The van der Waals surface area contributed by atoms with Crippen LogP contribution in [0.15, 0.2) is 129 Å². The van der Waals surface area contributed by atoms with Gasteiger partial charge in [0.1, 0.15) is 12.6 Å². The lowest BCUT2D eigenvalue weighted by Gasteiger charge is -2.33. The molecule has 0 bridgehead atoms. The number of rotatable bonds is 12. The molecule has 1 fully saturated rings. The number of aromatic nitrogens is 11. The maximum absolute atomic E-state index is 12.5. The summed E-state index contributed by atoms with van der Waals surface area (Å²) in [7, 11) is 8.74. The highest BCUT2D eigenvalue weighted by Crippen LogP contribution is 2.39. The Morgan fingerprint density at radius 2 is 1.06 bits per heavy atom. The van der Waals surface area contributed by atoms with Crippen molar-refractivity contribution in [1.29, 1.82) is 0 Å². The van der Waals surface area contributed by atoms with E-state index in [2.05, 4.69) is 197 Å². The van der Waals surface area contributed by atoms with E-state index in [-0.39, 0.29) is 23.0 Å². The Kier molecular flexibility index (Phi) is 20.2. The van der Waals surface area contributed by atoms with Crippen LogP contribution in [-0.2, 0) is 98.3 Å². The van der Waals surface area contributed by atoms with Crippen molar-refractivity contribution >= 4 is 49.8 Å². The third kappa shape index (κ3) is 14.6. The highest BCUT2D eigenvalue weighted by molar-refractivity contribution is 5.87. The van der Waals surface area contributed by atoms with Gasteiger partial charge in [0.2, 0.25) is 0 Å². The van der Waals surface area contributed by atoms with Gasteiger partial charge in [0.05, 0.1) is 39.3 Å². The molecule has 1 unspecified atom stereocenters. The third-order valence-corrected chi connectivity index (χ3v) is 21.3. The number of carbonyl (C=O) groups excluding carboxylic acids is 1. The largest absolute Gasteiger partial charge is 0.461 e. The van der Waals surface area contributed by atoms with Gasteiger partial charge in [0.15, 0.2) is 0 Å². The van der Waals surface area contributed by atoms with Crippen LogP contribution in [0.5, 0.6) is 0 Å². The van der Waals surface area contributed by atoms with Crippen LogP contribution >= 0.6 is 0 Å². The molecule has 17 nitrogen and oxygen atoms in total. The fourth-order valence-corrected chi connectivity index (χ4v) is 16.1. The lowest BCUT2D eigenvalue weighted by Crippen LogP contribution is -2.35. The first-order valence-electron chi connectivity index (χ1n) is 35.8. The first kappa shape index (κ1) is 68.1. The van der Waals surface area contributed by atoms with Crippen molar-refractivity contribution in [3.05, 3.63) is 207 Å². The molecule has 0 spiro atoms. The second-order valence-corrected chi connectivity index (χ2v) is 30.0. The van der Waals surface area contributed by atoms with Crippen molar-refractivity contribution in [3.8, 4) is 0 Å². The topological polar surface area (TPSA) is 149 Å². The minimum atomic E-state index is -0.112. The van der Waals surface area contributed by atoms with Gasteiger partial charge in [-0.2, -0.15) is 0 Å². The van der Waals surface area contributed by atoms with E-state index in [9.17, 15) is 4.79 Å². The Morgan fingerprint density at radius 1 is 0.520 bits per heavy atom. The van der Waals surface area contributed by atoms with Gasteiger partial charge in [0.25, 0.3) is 0 Å². The van der Waals surface area contributed by atoms with Gasteiger partial charge in [-0.1, -0.05) is 38.5 Å². The standard InChI is InChI=1S/2C21H26N4.C20H24N4.C19H25N3O2/c1-15-5-6-16(11-23-15)21(2,3)14-25-19-7-9-22-12-18(19)17-8-10-24(4)13-20(17)25;1-15-7-8-16(13-23-15)12-21(2,3)25-18-6-5-10-22-20(18)17-9-11-24(4)14-19(17)25;1-14-6-7-16(12-22-14)11-15(2)24-18-5-4-9-21-20(18)17-8-10-23(3)13-19(17)24;1-21-10-8-16-15-7-9-20-11-17(15)22(18(16)12-21)13-19(23)24-14-5-3-2-4-6-14/h5-7,9,11-12H,8,10,13-14H2,1-4H3;5-8,10,13H,9,11-12,14H2,1-4H3;4-7,9,12,15H,8,10-11,13H2,1-3H3;7,9,11,14H,2-6,8,10,12-13H2,1H3. The maximum atomic E-state index is 12.5. The van der Waals surface area contributed by atoms with Gasteiger partial charge in [-0.25, -0.2) is 0 Å². The van der Waals surface area contributed by atoms with Gasteiger partial charge >= 0.3 is 5.97 Å². The summed E-state index contributed by atoms with van der Waals surface area (Å²) in [5, 5.41) is 2.56. The quantitative estimate of drug-likeness (QED) is 0.107. The van der Waals surface area contributed by atoms with Crippen molar-refractivity contribution in [3.63, 3.8) is 0 Å². The van der Waals surface area contributed by atoms with E-state index >= 15 is 0 Å². The van der Waals surface area contributed by atoms with Gasteiger partial charge in [-0.3, -0.25) is 39.7 Å². The monoisotopic (exact) mass is 1320 g/mol. The van der Waals surface area contributed by atoms with E-state index in [1.54, 1.807) is 0 Å². The number of fused-ring (bicyclic) bond motifs is 12. The molecule has 11 aromatic rings. The zero-order valence-electron chi connectivity index (χ0n) is 60.2. The number of hydrogen-bond acceptors (Lipinski definition) is 13. The minimum Gasteiger partial charge on any atom is -0.461 e. The van der Waals surface area contributed by atoms with E-state index in [1.165, 1.54) is 119 Å². The normalized spacial score (nSPS) is 16.7. The molecular formula is C81H101N15O2. The average molecular weight is 1320 g/mol. The summed E-state index contributed by atoms with van der Waals surface area (Å²) in [6.45, 7) is 27.2. The summed E-state index contributed by atoms with van der Waals surface area (Å²) in [6.07, 6.45) is 29.5. The smallest absolute Gasteiger partial charge is 0.326 e. The van der Waals surface area contributed by atoms with Gasteiger partial charge in [0, 0.05) is 187 Å². The zero-order valence-corrected chi connectivity index (χ0v) is 60.2. The predicted octanol–water partition coefficient (Wildman–Crippen LogP) is 13.8. The Bertz CT molecular complexity index is 4590. The van der Waals surface area contributed by atoms with Crippen molar-refractivity contribution in [2.24, 2.45) is 0 Å². The Balaban J connectivity index is 0.000000118. The fourth-order valence-electron chi connectivity index (χ4n) is 16.1. The molecule has 0 aromatic carbocycles. The highest BCUT2D eigenvalue weighted by Gasteiger charge is 2.33. The van der Waals surface area contributed by atoms with Gasteiger partial charge in [-0.15, -0.1) is 0 Å². The van der Waals surface area contributed by atoms with E-state index in [0.717, 1.165) is 133 Å². The van der Waals surface area contributed by atoms with Crippen molar-refractivity contribution in [1.82, 2.24) is 72.8 Å². The molecule has 0 saturated heterocycles. The average Bonchev–Trinajstić information content (AvgIpc) is 1.61.